The van der Waals surface area contributed by atoms with E-state index in [1.165, 1.54) is 5.01 Å². The average Bonchev–Trinajstić information content (AvgIpc) is 1.89. The van der Waals surface area contributed by atoms with Crippen LogP contribution in [0.1, 0.15) is 6.92 Å². The van der Waals surface area contributed by atoms with Crippen LogP contribution < -0.4 is 0 Å². The van der Waals surface area contributed by atoms with Crippen LogP contribution in [-0.2, 0) is 4.74 Å². The number of morpholine rings is 1. The highest BCUT2D eigenvalue weighted by atomic mass is 16.5. The Bertz CT molecular complexity index is 107. The van der Waals surface area contributed by atoms with Gasteiger partial charge in [-0.2, -0.15) is 0 Å². The minimum Gasteiger partial charge on any atom is -0.377 e. The van der Waals surface area contributed by atoms with E-state index in [1.807, 2.05) is 6.92 Å². The molecule has 52 valence electrons. The van der Waals surface area contributed by atoms with Crippen molar-refractivity contribution in [2.45, 2.75) is 13.0 Å². The van der Waals surface area contributed by atoms with Gasteiger partial charge in [0.25, 0.3) is 0 Å². The van der Waals surface area contributed by atoms with Crippen LogP contribution in [0.25, 0.3) is 0 Å². The van der Waals surface area contributed by atoms with E-state index >= 15 is 0 Å². The van der Waals surface area contributed by atoms with Gasteiger partial charge >= 0.3 is 0 Å². The Kier molecular flexibility index (Phi) is 2.00. The van der Waals surface area contributed by atoms with Gasteiger partial charge in [-0.25, -0.2) is 0 Å². The molecule has 9 heavy (non-hydrogen) atoms. The molecule has 0 amide bonds. The van der Waals surface area contributed by atoms with E-state index in [0.29, 0.717) is 19.8 Å². The van der Waals surface area contributed by atoms with Gasteiger partial charge in [-0.1, -0.05) is 0 Å². The first-order valence-electron chi connectivity index (χ1n) is 3.02. The quantitative estimate of drug-likeness (QED) is 0.482. The highest BCUT2D eigenvalue weighted by molar-refractivity contribution is 4.65. The van der Waals surface area contributed by atoms with E-state index in [1.54, 1.807) is 0 Å². The summed E-state index contributed by atoms with van der Waals surface area (Å²) in [4.78, 5) is 9.99. The topological polar surface area (TPSA) is 41.9 Å². The van der Waals surface area contributed by atoms with Crippen molar-refractivity contribution in [3.05, 3.63) is 4.91 Å². The maximum atomic E-state index is 9.99. The van der Waals surface area contributed by atoms with Crippen molar-refractivity contribution in [3.8, 4) is 0 Å². The minimum absolute atomic E-state index is 0.149. The first-order valence-corrected chi connectivity index (χ1v) is 3.02. The second kappa shape index (κ2) is 2.77. The number of nitroso groups, excluding NO2 is 1. The van der Waals surface area contributed by atoms with Gasteiger partial charge in [-0.05, 0) is 6.92 Å². The van der Waals surface area contributed by atoms with Crippen molar-refractivity contribution in [3.63, 3.8) is 0 Å². The summed E-state index contributed by atoms with van der Waals surface area (Å²) in [6, 6.07) is 0.149. The van der Waals surface area contributed by atoms with Gasteiger partial charge in [0.1, 0.15) is 0 Å². The maximum Gasteiger partial charge on any atom is 0.0709 e. The van der Waals surface area contributed by atoms with E-state index in [-0.39, 0.29) is 6.04 Å². The Morgan fingerprint density at radius 1 is 1.78 bits per heavy atom. The fraction of sp³-hybridized carbons (Fsp3) is 1.00. The summed E-state index contributed by atoms with van der Waals surface area (Å²) in [5.74, 6) is 0. The van der Waals surface area contributed by atoms with Gasteiger partial charge in [0.15, 0.2) is 0 Å². The predicted octanol–water partition coefficient (Wildman–Crippen LogP) is 0.388. The zero-order valence-corrected chi connectivity index (χ0v) is 5.41. The van der Waals surface area contributed by atoms with Crippen LogP contribution in [0.4, 0.5) is 0 Å². The minimum atomic E-state index is 0.149. The molecule has 1 saturated heterocycles. The molecule has 0 N–H and O–H groups in total. The van der Waals surface area contributed by atoms with Crippen LogP contribution in [0.5, 0.6) is 0 Å². The molecule has 0 spiro atoms. The van der Waals surface area contributed by atoms with Gasteiger partial charge in [0.2, 0.25) is 0 Å². The summed E-state index contributed by atoms with van der Waals surface area (Å²) in [6.45, 7) is 3.78. The van der Waals surface area contributed by atoms with Gasteiger partial charge in [-0.15, -0.1) is 4.91 Å². The Morgan fingerprint density at radius 3 is 3.00 bits per heavy atom. The normalized spacial score (nSPS) is 28.1. The molecule has 1 atom stereocenters. The van der Waals surface area contributed by atoms with Crippen LogP contribution in [0, 0.1) is 4.91 Å². The van der Waals surface area contributed by atoms with Gasteiger partial charge in [0, 0.05) is 0 Å². The summed E-state index contributed by atoms with van der Waals surface area (Å²) in [5.41, 5.74) is 0. The van der Waals surface area contributed by atoms with Crippen molar-refractivity contribution in [2.75, 3.05) is 19.8 Å². The van der Waals surface area contributed by atoms with Crippen molar-refractivity contribution in [2.24, 2.45) is 5.29 Å². The molecule has 1 aliphatic rings. The molecule has 0 aromatic carbocycles. The highest BCUT2D eigenvalue weighted by Gasteiger charge is 2.16. The Morgan fingerprint density at radius 2 is 2.56 bits per heavy atom. The molecule has 1 aliphatic heterocycles. The van der Waals surface area contributed by atoms with E-state index in [0.717, 1.165) is 0 Å². The summed E-state index contributed by atoms with van der Waals surface area (Å²) in [7, 11) is 0. The largest absolute Gasteiger partial charge is 0.377 e. The molecular formula is C5H10N2O2. The Balaban J connectivity index is 2.38. The number of hydrogen-bond acceptors (Lipinski definition) is 3. The third-order valence-electron chi connectivity index (χ3n) is 1.44. The lowest BCUT2D eigenvalue weighted by molar-refractivity contribution is -0.0000375. The predicted molar refractivity (Wildman–Crippen MR) is 32.8 cm³/mol. The Hall–Kier alpha value is -0.640. The number of nitrogens with zero attached hydrogens (tertiary/aromatic N) is 2. The van der Waals surface area contributed by atoms with Crippen LogP contribution in [0.2, 0.25) is 0 Å². The van der Waals surface area contributed by atoms with Crippen molar-refractivity contribution in [1.29, 1.82) is 0 Å². The number of ether oxygens (including phenoxy) is 1. The molecule has 0 aromatic heterocycles. The van der Waals surface area contributed by atoms with Gasteiger partial charge < -0.3 is 4.74 Å². The van der Waals surface area contributed by atoms with Crippen LogP contribution >= 0.6 is 0 Å². The lowest BCUT2D eigenvalue weighted by atomic mass is 10.3. The molecule has 1 heterocycles. The molecule has 0 radical (unpaired) electrons. The molecule has 0 aromatic rings. The van der Waals surface area contributed by atoms with Gasteiger partial charge in [-0.3, -0.25) is 5.01 Å². The SMILES string of the molecule is C[C@@H]1COCCN1N=O. The zero-order valence-electron chi connectivity index (χ0n) is 5.41. The molecule has 4 heteroatoms. The smallest absolute Gasteiger partial charge is 0.0709 e. The standard InChI is InChI=1S/C5H10N2O2/c1-5-4-9-3-2-7(5)6-8/h5H,2-4H2,1H3/t5-/m1/s1. The van der Waals surface area contributed by atoms with Crippen LogP contribution in [0.15, 0.2) is 5.29 Å². The average molecular weight is 130 g/mol. The second-order valence-corrected chi connectivity index (χ2v) is 2.17. The van der Waals surface area contributed by atoms with E-state index in [4.69, 9.17) is 4.74 Å². The Labute approximate surface area is 53.7 Å². The summed E-state index contributed by atoms with van der Waals surface area (Å²) in [6.07, 6.45) is 0. The molecule has 0 aliphatic carbocycles. The van der Waals surface area contributed by atoms with E-state index < -0.39 is 0 Å². The van der Waals surface area contributed by atoms with Crippen molar-refractivity contribution in [1.82, 2.24) is 5.01 Å². The lowest BCUT2D eigenvalue weighted by Gasteiger charge is -2.27. The van der Waals surface area contributed by atoms with Crippen LogP contribution in [-0.4, -0.2) is 30.8 Å². The molecule has 0 unspecified atom stereocenters. The third kappa shape index (κ3) is 1.38. The second-order valence-electron chi connectivity index (χ2n) is 2.17. The number of rotatable bonds is 1. The summed E-state index contributed by atoms with van der Waals surface area (Å²) in [5, 5.41) is 4.34. The van der Waals surface area contributed by atoms with E-state index in [2.05, 4.69) is 5.29 Å². The lowest BCUT2D eigenvalue weighted by Crippen LogP contribution is -2.39. The number of hydrogen-bond donors (Lipinski definition) is 0. The molecule has 1 fully saturated rings. The third-order valence-corrected chi connectivity index (χ3v) is 1.44. The molecule has 0 bridgehead atoms. The van der Waals surface area contributed by atoms with Crippen molar-refractivity contribution >= 4 is 0 Å². The summed E-state index contributed by atoms with van der Waals surface area (Å²) >= 11 is 0. The highest BCUT2D eigenvalue weighted by Crippen LogP contribution is 2.04. The molecule has 0 saturated carbocycles. The molecule has 1 rings (SSSR count). The van der Waals surface area contributed by atoms with Crippen LogP contribution in [0.3, 0.4) is 0 Å². The monoisotopic (exact) mass is 130 g/mol. The first kappa shape index (κ1) is 6.48. The maximum absolute atomic E-state index is 9.99. The molecule has 4 nitrogen and oxygen atoms in total. The van der Waals surface area contributed by atoms with Gasteiger partial charge in [0.05, 0.1) is 31.1 Å². The van der Waals surface area contributed by atoms with E-state index in [9.17, 15) is 4.91 Å². The summed E-state index contributed by atoms with van der Waals surface area (Å²) < 4.78 is 5.07. The fourth-order valence-electron chi connectivity index (χ4n) is 0.840. The first-order chi connectivity index (χ1) is 4.34. The molecular weight excluding hydrogens is 120 g/mol. The zero-order chi connectivity index (χ0) is 6.69. The van der Waals surface area contributed by atoms with Crippen molar-refractivity contribution < 1.29 is 4.74 Å². The fourth-order valence-corrected chi connectivity index (χ4v) is 0.840.